The van der Waals surface area contributed by atoms with Gasteiger partial charge in [0.2, 0.25) is 0 Å². The van der Waals surface area contributed by atoms with Crippen molar-refractivity contribution < 1.29 is 14.5 Å². The molecule has 2 rings (SSSR count). The lowest BCUT2D eigenvalue weighted by Crippen LogP contribution is -2.04. The molecule has 1 saturated heterocycles. The number of non-ortho nitro benzene ring substituents is 1. The van der Waals surface area contributed by atoms with E-state index in [0.29, 0.717) is 5.57 Å². The number of cyclic esters (lactones) is 1. The van der Waals surface area contributed by atoms with Gasteiger partial charge in [0.05, 0.1) is 4.92 Å². The minimum atomic E-state index is -0.453. The average Bonchev–Trinajstić information content (AvgIpc) is 2.64. The molecule has 0 spiro atoms. The molecule has 1 aromatic carbocycles. The Morgan fingerprint density at radius 3 is 2.39 bits per heavy atom. The fourth-order valence-corrected chi connectivity index (χ4v) is 2.16. The van der Waals surface area contributed by atoms with Gasteiger partial charge in [-0.25, -0.2) is 4.79 Å². The molecule has 0 N–H and O–H groups in total. The van der Waals surface area contributed by atoms with Gasteiger partial charge in [-0.05, 0) is 24.6 Å². The quantitative estimate of drug-likeness (QED) is 0.349. The monoisotopic (exact) mass is 247 g/mol. The molecule has 1 aliphatic rings. The molecule has 1 aromatic rings. The van der Waals surface area contributed by atoms with Crippen molar-refractivity contribution in [1.29, 1.82) is 0 Å². The van der Waals surface area contributed by atoms with Gasteiger partial charge in [-0.15, -0.1) is 0 Å². The molecular formula is C13H13NO4. The molecule has 1 fully saturated rings. The Balaban J connectivity index is 2.28. The van der Waals surface area contributed by atoms with Gasteiger partial charge in [0.25, 0.3) is 5.69 Å². The summed E-state index contributed by atoms with van der Waals surface area (Å²) in [5, 5.41) is 10.6. The minimum absolute atomic E-state index is 0.0296. The third-order valence-electron chi connectivity index (χ3n) is 3.16. The van der Waals surface area contributed by atoms with E-state index in [-0.39, 0.29) is 23.7 Å². The lowest BCUT2D eigenvalue weighted by molar-refractivity contribution is -0.384. The number of nitrogens with zero attached hydrogens (tertiary/aromatic N) is 1. The zero-order valence-electron chi connectivity index (χ0n) is 10.1. The summed E-state index contributed by atoms with van der Waals surface area (Å²) in [5.74, 6) is -0.350. The summed E-state index contributed by atoms with van der Waals surface area (Å²) in [4.78, 5) is 21.7. The van der Waals surface area contributed by atoms with E-state index in [1.807, 2.05) is 6.92 Å². The van der Waals surface area contributed by atoms with Gasteiger partial charge in [-0.2, -0.15) is 0 Å². The standard InChI is InChI=1S/C13H13NO4/c1-3-11-8(2)12(18-13(11)15)9-4-6-10(7-5-9)14(16)17/h3-8,12H,1-2H3/b11-3-/t8-,12+/m0/s1. The van der Waals surface area contributed by atoms with Crippen molar-refractivity contribution in [3.8, 4) is 0 Å². The van der Waals surface area contributed by atoms with E-state index < -0.39 is 4.92 Å². The van der Waals surface area contributed by atoms with Crippen LogP contribution in [0.3, 0.4) is 0 Å². The summed E-state index contributed by atoms with van der Waals surface area (Å²) in [6.45, 7) is 3.71. The Hall–Kier alpha value is -2.17. The summed E-state index contributed by atoms with van der Waals surface area (Å²) in [6.07, 6.45) is 1.39. The molecule has 18 heavy (non-hydrogen) atoms. The lowest BCUT2D eigenvalue weighted by Gasteiger charge is -2.13. The number of nitro groups is 1. The number of carbonyl (C=O) groups excluding carboxylic acids is 1. The van der Waals surface area contributed by atoms with E-state index >= 15 is 0 Å². The van der Waals surface area contributed by atoms with Crippen LogP contribution in [0.5, 0.6) is 0 Å². The SMILES string of the molecule is C/C=C1\C(=O)O[C@@H](c2ccc([N+](=O)[O-])cc2)[C@H]1C. The molecule has 0 bridgehead atoms. The summed E-state index contributed by atoms with van der Waals surface area (Å²) < 4.78 is 5.29. The van der Waals surface area contributed by atoms with Crippen LogP contribution in [-0.4, -0.2) is 10.9 Å². The second-order valence-electron chi connectivity index (χ2n) is 4.21. The fraction of sp³-hybridized carbons (Fsp3) is 0.308. The highest BCUT2D eigenvalue weighted by Crippen LogP contribution is 2.38. The highest BCUT2D eigenvalue weighted by molar-refractivity contribution is 5.91. The van der Waals surface area contributed by atoms with E-state index in [1.165, 1.54) is 12.1 Å². The topological polar surface area (TPSA) is 69.4 Å². The summed E-state index contributed by atoms with van der Waals surface area (Å²) >= 11 is 0. The summed E-state index contributed by atoms with van der Waals surface area (Å²) in [5.41, 5.74) is 1.46. The second kappa shape index (κ2) is 4.60. The van der Waals surface area contributed by atoms with E-state index in [0.717, 1.165) is 5.56 Å². The van der Waals surface area contributed by atoms with Crippen LogP contribution in [0.4, 0.5) is 5.69 Å². The van der Waals surface area contributed by atoms with Crippen LogP contribution in [0.15, 0.2) is 35.9 Å². The Morgan fingerprint density at radius 2 is 1.94 bits per heavy atom. The molecular weight excluding hydrogens is 234 g/mol. The van der Waals surface area contributed by atoms with Gasteiger partial charge in [0.1, 0.15) is 6.10 Å². The summed E-state index contributed by atoms with van der Waals surface area (Å²) in [6, 6.07) is 6.10. The number of benzene rings is 1. The van der Waals surface area contributed by atoms with Crippen molar-refractivity contribution in [2.45, 2.75) is 20.0 Å². The first-order chi connectivity index (χ1) is 8.54. The highest BCUT2D eigenvalue weighted by atomic mass is 16.6. The maximum atomic E-state index is 11.6. The molecule has 94 valence electrons. The van der Waals surface area contributed by atoms with Crippen LogP contribution in [-0.2, 0) is 9.53 Å². The van der Waals surface area contributed by atoms with Crippen LogP contribution in [0.2, 0.25) is 0 Å². The van der Waals surface area contributed by atoms with Crippen molar-refractivity contribution >= 4 is 11.7 Å². The van der Waals surface area contributed by atoms with Crippen LogP contribution < -0.4 is 0 Å². The largest absolute Gasteiger partial charge is 0.453 e. The normalized spacial score (nSPS) is 25.2. The zero-order chi connectivity index (χ0) is 13.3. The van der Waals surface area contributed by atoms with Crippen LogP contribution >= 0.6 is 0 Å². The van der Waals surface area contributed by atoms with Crippen molar-refractivity contribution in [3.63, 3.8) is 0 Å². The van der Waals surface area contributed by atoms with E-state index in [2.05, 4.69) is 0 Å². The fourth-order valence-electron chi connectivity index (χ4n) is 2.16. The van der Waals surface area contributed by atoms with Gasteiger partial charge >= 0.3 is 5.97 Å². The van der Waals surface area contributed by atoms with E-state index in [9.17, 15) is 14.9 Å². The molecule has 2 atom stereocenters. The first-order valence-corrected chi connectivity index (χ1v) is 5.66. The Morgan fingerprint density at radius 1 is 1.33 bits per heavy atom. The van der Waals surface area contributed by atoms with Crippen LogP contribution in [0.25, 0.3) is 0 Å². The smallest absolute Gasteiger partial charge is 0.334 e. The highest BCUT2D eigenvalue weighted by Gasteiger charge is 2.37. The molecule has 5 heteroatoms. The molecule has 0 aromatic heterocycles. The van der Waals surface area contributed by atoms with Crippen molar-refractivity contribution in [2.24, 2.45) is 5.92 Å². The molecule has 0 unspecified atom stereocenters. The number of rotatable bonds is 2. The maximum Gasteiger partial charge on any atom is 0.334 e. The average molecular weight is 247 g/mol. The molecule has 1 aliphatic heterocycles. The predicted molar refractivity (Wildman–Crippen MR) is 64.9 cm³/mol. The number of esters is 1. The third kappa shape index (κ3) is 1.99. The second-order valence-corrected chi connectivity index (χ2v) is 4.21. The third-order valence-corrected chi connectivity index (χ3v) is 3.16. The van der Waals surface area contributed by atoms with Gasteiger partial charge in [0.15, 0.2) is 0 Å². The van der Waals surface area contributed by atoms with E-state index in [4.69, 9.17) is 4.74 Å². The van der Waals surface area contributed by atoms with Gasteiger partial charge in [-0.1, -0.05) is 13.0 Å². The molecule has 0 aliphatic carbocycles. The Bertz CT molecular complexity index is 518. The van der Waals surface area contributed by atoms with E-state index in [1.54, 1.807) is 25.1 Å². The predicted octanol–water partition coefficient (Wildman–Crippen LogP) is 2.78. The number of ether oxygens (including phenoxy) is 1. The van der Waals surface area contributed by atoms with Crippen molar-refractivity contribution in [1.82, 2.24) is 0 Å². The van der Waals surface area contributed by atoms with Crippen LogP contribution in [0, 0.1) is 16.0 Å². The maximum absolute atomic E-state index is 11.6. The Labute approximate surface area is 104 Å². The van der Waals surface area contributed by atoms with Gasteiger partial charge < -0.3 is 4.74 Å². The first kappa shape index (κ1) is 12.3. The molecule has 0 saturated carbocycles. The Kier molecular flexibility index (Phi) is 3.14. The number of hydrogen-bond donors (Lipinski definition) is 0. The zero-order valence-corrected chi connectivity index (χ0v) is 10.1. The molecule has 0 radical (unpaired) electrons. The number of allylic oxidation sites excluding steroid dienone is 1. The van der Waals surface area contributed by atoms with Crippen molar-refractivity contribution in [3.05, 3.63) is 51.6 Å². The number of hydrogen-bond acceptors (Lipinski definition) is 4. The van der Waals surface area contributed by atoms with Gasteiger partial charge in [0, 0.05) is 23.6 Å². The summed E-state index contributed by atoms with van der Waals surface area (Å²) in [7, 11) is 0. The molecule has 0 amide bonds. The minimum Gasteiger partial charge on any atom is -0.453 e. The molecule has 1 heterocycles. The first-order valence-electron chi connectivity index (χ1n) is 5.66. The number of carbonyl (C=O) groups is 1. The van der Waals surface area contributed by atoms with Crippen LogP contribution in [0.1, 0.15) is 25.5 Å². The van der Waals surface area contributed by atoms with Crippen molar-refractivity contribution in [2.75, 3.05) is 0 Å². The lowest BCUT2D eigenvalue weighted by atomic mass is 9.93. The molecule has 5 nitrogen and oxygen atoms in total. The van der Waals surface area contributed by atoms with Gasteiger partial charge in [-0.3, -0.25) is 10.1 Å². The number of nitro benzene ring substituents is 1.